The summed E-state index contributed by atoms with van der Waals surface area (Å²) in [4.78, 5) is 10.9. The normalized spacial score (nSPS) is 15.1. The zero-order valence-corrected chi connectivity index (χ0v) is 5.47. The average molecular weight is 138 g/mol. The van der Waals surface area contributed by atoms with Crippen LogP contribution >= 0.6 is 0 Å². The fraction of sp³-hybridized carbons (Fsp3) is 0.333. The number of aromatic nitrogens is 1. The van der Waals surface area contributed by atoms with Gasteiger partial charge in [-0.05, 0) is 6.92 Å². The number of nitrogens with zero attached hydrogens (tertiary/aromatic N) is 1. The van der Waals surface area contributed by atoms with Gasteiger partial charge in [-0.2, -0.15) is 0 Å². The van der Waals surface area contributed by atoms with E-state index >= 15 is 0 Å². The summed E-state index contributed by atoms with van der Waals surface area (Å²) in [5.41, 5.74) is 1.28. The minimum atomic E-state index is -0.0752. The van der Waals surface area contributed by atoms with Gasteiger partial charge in [-0.25, -0.2) is 0 Å². The molecule has 4 heteroatoms. The van der Waals surface area contributed by atoms with Gasteiger partial charge in [0, 0.05) is 0 Å². The quantitative estimate of drug-likeness (QED) is 0.558. The molecule has 0 spiro atoms. The molecule has 0 atom stereocenters. The number of carbonyl (C=O) groups excluding carboxylic acids is 1. The van der Waals surface area contributed by atoms with E-state index in [4.69, 9.17) is 4.52 Å². The minimum Gasteiger partial charge on any atom is -0.358 e. The van der Waals surface area contributed by atoms with Crippen LogP contribution in [0.3, 0.4) is 0 Å². The molecular formula is C6H6N2O2. The summed E-state index contributed by atoms with van der Waals surface area (Å²) >= 11 is 0. The lowest BCUT2D eigenvalue weighted by molar-refractivity contribution is 0.0964. The van der Waals surface area contributed by atoms with Crippen LogP contribution in [0.25, 0.3) is 0 Å². The second kappa shape index (κ2) is 1.59. The number of hydrogen-bond acceptors (Lipinski definition) is 3. The molecule has 2 rings (SSSR count). The van der Waals surface area contributed by atoms with Crippen LogP contribution in [0.15, 0.2) is 4.52 Å². The molecule has 0 unspecified atom stereocenters. The molecule has 52 valence electrons. The molecule has 4 nitrogen and oxygen atoms in total. The molecule has 0 saturated heterocycles. The highest BCUT2D eigenvalue weighted by Gasteiger charge is 2.25. The smallest absolute Gasteiger partial charge is 0.257 e. The fourth-order valence-corrected chi connectivity index (χ4v) is 1.08. The summed E-state index contributed by atoms with van der Waals surface area (Å²) in [7, 11) is 0. The molecular weight excluding hydrogens is 132 g/mol. The van der Waals surface area contributed by atoms with Crippen molar-refractivity contribution in [3.63, 3.8) is 0 Å². The van der Waals surface area contributed by atoms with Gasteiger partial charge >= 0.3 is 0 Å². The maximum absolute atomic E-state index is 10.9. The first-order chi connectivity index (χ1) is 4.79. The zero-order chi connectivity index (χ0) is 7.14. The Morgan fingerprint density at radius 1 is 1.70 bits per heavy atom. The van der Waals surface area contributed by atoms with Gasteiger partial charge in [-0.15, -0.1) is 0 Å². The van der Waals surface area contributed by atoms with Crippen LogP contribution in [0.1, 0.15) is 21.8 Å². The van der Waals surface area contributed by atoms with Crippen LogP contribution in [0.4, 0.5) is 0 Å². The van der Waals surface area contributed by atoms with Crippen molar-refractivity contribution in [3.8, 4) is 0 Å². The van der Waals surface area contributed by atoms with Gasteiger partial charge in [0.1, 0.15) is 5.56 Å². The Balaban J connectivity index is 2.65. The van der Waals surface area contributed by atoms with Gasteiger partial charge in [-0.3, -0.25) is 4.79 Å². The van der Waals surface area contributed by atoms with Crippen molar-refractivity contribution < 1.29 is 9.32 Å². The second-order valence-electron chi connectivity index (χ2n) is 2.25. The van der Waals surface area contributed by atoms with Gasteiger partial charge in [0.2, 0.25) is 0 Å². The third kappa shape index (κ3) is 0.504. The average Bonchev–Trinajstić information content (AvgIpc) is 2.40. The monoisotopic (exact) mass is 138 g/mol. The van der Waals surface area contributed by atoms with Crippen LogP contribution in [0, 0.1) is 6.92 Å². The van der Waals surface area contributed by atoms with Crippen molar-refractivity contribution in [1.29, 1.82) is 0 Å². The van der Waals surface area contributed by atoms with E-state index in [1.54, 1.807) is 6.92 Å². The third-order valence-corrected chi connectivity index (χ3v) is 1.57. The van der Waals surface area contributed by atoms with Crippen LogP contribution in [0.5, 0.6) is 0 Å². The van der Waals surface area contributed by atoms with E-state index in [1.165, 1.54) is 0 Å². The van der Waals surface area contributed by atoms with E-state index in [1.807, 2.05) is 0 Å². The van der Waals surface area contributed by atoms with Crippen molar-refractivity contribution in [2.75, 3.05) is 0 Å². The number of amides is 1. The fourth-order valence-electron chi connectivity index (χ4n) is 1.08. The Hall–Kier alpha value is -1.32. The summed E-state index contributed by atoms with van der Waals surface area (Å²) in [6.45, 7) is 2.24. The van der Waals surface area contributed by atoms with Crippen LogP contribution in [0.2, 0.25) is 0 Å². The second-order valence-corrected chi connectivity index (χ2v) is 2.25. The van der Waals surface area contributed by atoms with E-state index in [9.17, 15) is 4.79 Å². The summed E-state index contributed by atoms with van der Waals surface area (Å²) in [6, 6.07) is 0. The molecule has 0 bridgehead atoms. The Morgan fingerprint density at radius 2 is 2.50 bits per heavy atom. The molecule has 1 aliphatic rings. The van der Waals surface area contributed by atoms with Crippen LogP contribution in [-0.2, 0) is 6.54 Å². The Bertz CT molecular complexity index is 290. The molecule has 0 saturated carbocycles. The number of nitrogens with one attached hydrogen (secondary N) is 1. The summed E-state index contributed by atoms with van der Waals surface area (Å²) in [5, 5.41) is 6.29. The summed E-state index contributed by atoms with van der Waals surface area (Å²) in [6.07, 6.45) is 0. The van der Waals surface area contributed by atoms with Crippen molar-refractivity contribution in [1.82, 2.24) is 10.5 Å². The van der Waals surface area contributed by atoms with Crippen molar-refractivity contribution in [3.05, 3.63) is 17.0 Å². The number of fused-ring (bicyclic) bond motifs is 1. The van der Waals surface area contributed by atoms with E-state index in [-0.39, 0.29) is 5.91 Å². The van der Waals surface area contributed by atoms with E-state index in [2.05, 4.69) is 10.5 Å². The van der Waals surface area contributed by atoms with Crippen molar-refractivity contribution >= 4 is 5.91 Å². The largest absolute Gasteiger partial charge is 0.358 e. The van der Waals surface area contributed by atoms with Gasteiger partial charge in [0.15, 0.2) is 5.76 Å². The lowest BCUT2D eigenvalue weighted by Gasteiger charge is -1.86. The van der Waals surface area contributed by atoms with Crippen LogP contribution in [-0.4, -0.2) is 11.1 Å². The first-order valence-corrected chi connectivity index (χ1v) is 3.02. The number of rotatable bonds is 0. The molecule has 0 fully saturated rings. The molecule has 1 aliphatic heterocycles. The highest BCUT2D eigenvalue weighted by molar-refractivity contribution is 5.98. The van der Waals surface area contributed by atoms with E-state index in [0.29, 0.717) is 23.6 Å². The van der Waals surface area contributed by atoms with Gasteiger partial charge in [0.05, 0.1) is 12.2 Å². The van der Waals surface area contributed by atoms with Crippen molar-refractivity contribution in [2.45, 2.75) is 13.5 Å². The topological polar surface area (TPSA) is 55.1 Å². The first kappa shape index (κ1) is 5.46. The Morgan fingerprint density at radius 3 is 3.20 bits per heavy atom. The molecule has 0 radical (unpaired) electrons. The molecule has 1 amide bonds. The lowest BCUT2D eigenvalue weighted by Crippen LogP contribution is -2.13. The molecule has 1 N–H and O–H groups in total. The molecule has 2 heterocycles. The summed E-state index contributed by atoms with van der Waals surface area (Å²) < 4.78 is 4.84. The predicted molar refractivity (Wildman–Crippen MR) is 32.4 cm³/mol. The van der Waals surface area contributed by atoms with Gasteiger partial charge in [-0.1, -0.05) is 5.16 Å². The van der Waals surface area contributed by atoms with Crippen LogP contribution < -0.4 is 5.32 Å². The first-order valence-electron chi connectivity index (χ1n) is 3.02. The maximum Gasteiger partial charge on any atom is 0.257 e. The Labute approximate surface area is 57.2 Å². The third-order valence-electron chi connectivity index (χ3n) is 1.57. The molecule has 0 aromatic carbocycles. The van der Waals surface area contributed by atoms with E-state index in [0.717, 1.165) is 0 Å². The van der Waals surface area contributed by atoms with Gasteiger partial charge in [0.25, 0.3) is 5.91 Å². The molecule has 1 aromatic rings. The highest BCUT2D eigenvalue weighted by atomic mass is 16.5. The number of hydrogen-bond donors (Lipinski definition) is 1. The molecule has 1 aromatic heterocycles. The zero-order valence-electron chi connectivity index (χ0n) is 5.47. The number of aryl methyl sites for hydroxylation is 1. The SMILES string of the molecule is Cc1noc2c1C(=O)NC2. The van der Waals surface area contributed by atoms with Gasteiger partial charge < -0.3 is 9.84 Å². The molecule has 0 aliphatic carbocycles. The van der Waals surface area contributed by atoms with Crippen molar-refractivity contribution in [2.24, 2.45) is 0 Å². The minimum absolute atomic E-state index is 0.0752. The predicted octanol–water partition coefficient (Wildman–Crippen LogP) is 0.226. The summed E-state index contributed by atoms with van der Waals surface area (Å²) in [5.74, 6) is 0.580. The molecule has 10 heavy (non-hydrogen) atoms. The van der Waals surface area contributed by atoms with E-state index < -0.39 is 0 Å². The lowest BCUT2D eigenvalue weighted by atomic mass is 10.2. The Kier molecular flexibility index (Phi) is 0.869. The highest BCUT2D eigenvalue weighted by Crippen LogP contribution is 2.17. The standard InChI is InChI=1S/C6H6N2O2/c1-3-5-4(10-8-3)2-7-6(5)9/h2H2,1H3,(H,7,9). The number of carbonyl (C=O) groups is 1. The maximum atomic E-state index is 10.9.